The second kappa shape index (κ2) is 3.95. The van der Waals surface area contributed by atoms with Crippen LogP contribution in [0.4, 0.5) is 13.2 Å². The van der Waals surface area contributed by atoms with Crippen molar-refractivity contribution in [2.45, 2.75) is 10.5 Å². The van der Waals surface area contributed by atoms with Gasteiger partial charge >= 0.3 is 6.18 Å². The van der Waals surface area contributed by atoms with Gasteiger partial charge in [-0.1, -0.05) is 15.9 Å². The molecule has 0 fully saturated rings. The minimum atomic E-state index is -4.32. The van der Waals surface area contributed by atoms with Crippen molar-refractivity contribution in [3.8, 4) is 0 Å². The van der Waals surface area contributed by atoms with Crippen molar-refractivity contribution in [2.24, 2.45) is 0 Å². The quantitative estimate of drug-likeness (QED) is 0.597. The fourth-order valence-corrected chi connectivity index (χ4v) is 0. The van der Waals surface area contributed by atoms with Crippen molar-refractivity contribution >= 4 is 44.5 Å². The van der Waals surface area contributed by atoms with E-state index < -0.39 is 10.5 Å². The number of rotatable bonds is 0. The number of alkyl halides is 5. The van der Waals surface area contributed by atoms with Crippen molar-refractivity contribution in [1.29, 1.82) is 0 Å². The zero-order chi connectivity index (χ0) is 6.08. The lowest BCUT2D eigenvalue weighted by atomic mass is 10.8. The molecule has 8 heavy (non-hydrogen) atoms. The van der Waals surface area contributed by atoms with E-state index in [0.29, 0.717) is 0 Å². The summed E-state index contributed by atoms with van der Waals surface area (Å²) in [5.41, 5.74) is 0. The van der Waals surface area contributed by atoms with E-state index in [9.17, 15) is 13.2 Å². The number of hydrogen-bond donors (Lipinski definition) is 0. The first-order valence-corrected chi connectivity index (χ1v) is 2.64. The van der Waals surface area contributed by atoms with Gasteiger partial charge in [0.1, 0.15) is 0 Å². The van der Waals surface area contributed by atoms with Gasteiger partial charge < -0.3 is 0 Å². The Morgan fingerprint density at radius 3 is 1.50 bits per heavy atom. The van der Waals surface area contributed by atoms with Crippen LogP contribution in [0.3, 0.4) is 0 Å². The maximum Gasteiger partial charge on any atom is 0.414 e. The molecule has 0 radical (unpaired) electrons. The van der Waals surface area contributed by atoms with E-state index in [2.05, 4.69) is 27.5 Å². The Hall–Kier alpha value is 1.04. The molecule has 0 heterocycles. The van der Waals surface area contributed by atoms with Crippen molar-refractivity contribution < 1.29 is 13.2 Å². The minimum Gasteiger partial charge on any atom is -0.168 e. The van der Waals surface area contributed by atoms with Gasteiger partial charge in [0, 0.05) is 0 Å². The van der Waals surface area contributed by atoms with Gasteiger partial charge in [-0.25, -0.2) is 0 Å². The molecule has 1 atom stereocenters. The Balaban J connectivity index is 0. The molecule has 0 aromatic rings. The van der Waals surface area contributed by atoms with Gasteiger partial charge in [0.25, 0.3) is 0 Å². The zero-order valence-corrected chi connectivity index (χ0v) is 7.43. The summed E-state index contributed by atoms with van der Waals surface area (Å²) >= 11 is 6.68. The van der Waals surface area contributed by atoms with Crippen LogP contribution in [0.1, 0.15) is 0 Å². The number of halogens is 6. The molecule has 52 valence electrons. The van der Waals surface area contributed by atoms with Crippen LogP contribution in [0.25, 0.3) is 0 Å². The van der Waals surface area contributed by atoms with Gasteiger partial charge in [0.05, 0.1) is 0 Å². The van der Waals surface area contributed by atoms with E-state index in [0.717, 1.165) is 0 Å². The highest BCUT2D eigenvalue weighted by atomic mass is 79.9. The van der Waals surface area contributed by atoms with Crippen molar-refractivity contribution in [3.63, 3.8) is 0 Å². The smallest absolute Gasteiger partial charge is 0.168 e. The summed E-state index contributed by atoms with van der Waals surface area (Å²) in [5, 5.41) is 0. The summed E-state index contributed by atoms with van der Waals surface area (Å²) in [4.78, 5) is 0. The molecule has 0 aliphatic carbocycles. The van der Waals surface area contributed by atoms with Gasteiger partial charge in [-0.2, -0.15) is 13.2 Å². The third-order valence-corrected chi connectivity index (χ3v) is 1.01. The Kier molecular flexibility index (Phi) is 5.83. The minimum absolute atomic E-state index is 0. The highest BCUT2D eigenvalue weighted by Crippen LogP contribution is 2.28. The molecule has 0 aromatic heterocycles. The standard InChI is InChI=1S/C2HBrClF3.BrH/c3-1(4)2(5,6)7;/h1H;1H. The van der Waals surface area contributed by atoms with Crippen LogP contribution >= 0.6 is 44.5 Å². The summed E-state index contributed by atoms with van der Waals surface area (Å²) in [5.74, 6) is 0. The Labute approximate surface area is 68.3 Å². The molecule has 0 aliphatic rings. The zero-order valence-electron chi connectivity index (χ0n) is 3.38. The van der Waals surface area contributed by atoms with Gasteiger partial charge in [0.15, 0.2) is 4.29 Å². The molecule has 0 nitrogen and oxygen atoms in total. The molecule has 6 heteroatoms. The van der Waals surface area contributed by atoms with E-state index in [1.54, 1.807) is 0 Å². The molecule has 0 rings (SSSR count). The maximum atomic E-state index is 11.0. The molecule has 0 bridgehead atoms. The fraction of sp³-hybridized carbons (Fsp3) is 1.00. The van der Waals surface area contributed by atoms with Crippen molar-refractivity contribution in [1.82, 2.24) is 0 Å². The van der Waals surface area contributed by atoms with Crippen molar-refractivity contribution in [3.05, 3.63) is 0 Å². The van der Waals surface area contributed by atoms with Gasteiger partial charge in [-0.05, 0) is 0 Å². The van der Waals surface area contributed by atoms with Crippen LogP contribution in [0.2, 0.25) is 0 Å². The third kappa shape index (κ3) is 5.18. The van der Waals surface area contributed by atoms with Crippen LogP contribution in [0.5, 0.6) is 0 Å². The molecule has 0 saturated heterocycles. The third-order valence-electron chi connectivity index (χ3n) is 0.247. The van der Waals surface area contributed by atoms with Crippen LogP contribution < -0.4 is 0 Å². The van der Waals surface area contributed by atoms with E-state index in [1.807, 2.05) is 0 Å². The Morgan fingerprint density at radius 1 is 1.38 bits per heavy atom. The largest absolute Gasteiger partial charge is 0.414 e. The lowest BCUT2D eigenvalue weighted by molar-refractivity contribution is -0.112. The van der Waals surface area contributed by atoms with Crippen LogP contribution in [0, 0.1) is 0 Å². The summed E-state index contributed by atoms with van der Waals surface area (Å²) in [6.07, 6.45) is -4.32. The second-order valence-electron chi connectivity index (χ2n) is 0.842. The first-order chi connectivity index (χ1) is 2.94. The summed E-state index contributed by atoms with van der Waals surface area (Å²) in [6, 6.07) is 0. The van der Waals surface area contributed by atoms with Gasteiger partial charge in [-0.15, -0.1) is 28.6 Å². The molecular formula is C2H2Br2ClF3. The summed E-state index contributed by atoms with van der Waals surface area (Å²) < 4.78 is 31.1. The molecule has 0 amide bonds. The van der Waals surface area contributed by atoms with Crippen molar-refractivity contribution in [2.75, 3.05) is 0 Å². The van der Waals surface area contributed by atoms with E-state index in [4.69, 9.17) is 0 Å². The molecule has 0 saturated carbocycles. The second-order valence-corrected chi connectivity index (χ2v) is 2.72. The average molecular weight is 278 g/mol. The lowest BCUT2D eigenvalue weighted by Gasteiger charge is -2.03. The highest BCUT2D eigenvalue weighted by molar-refractivity contribution is 9.10. The first kappa shape index (κ1) is 11.8. The molecule has 0 N–H and O–H groups in total. The van der Waals surface area contributed by atoms with E-state index in [1.165, 1.54) is 0 Å². The molecule has 0 aromatic carbocycles. The number of hydrogen-bond acceptors (Lipinski definition) is 0. The molecule has 0 aliphatic heterocycles. The highest BCUT2D eigenvalue weighted by Gasteiger charge is 2.35. The Morgan fingerprint density at radius 2 is 1.50 bits per heavy atom. The average Bonchev–Trinajstić information content (AvgIpc) is 1.31. The summed E-state index contributed by atoms with van der Waals surface area (Å²) in [7, 11) is 0. The molecular weight excluding hydrogens is 276 g/mol. The normalized spacial score (nSPS) is 14.6. The summed E-state index contributed by atoms with van der Waals surface area (Å²) in [6.45, 7) is 0. The Bertz CT molecular complexity index is 60.8. The topological polar surface area (TPSA) is 0 Å². The fourth-order valence-electron chi connectivity index (χ4n) is 0. The SMILES string of the molecule is Br.FC(F)(F)C(Cl)Br. The van der Waals surface area contributed by atoms with Gasteiger partial charge in [0.2, 0.25) is 0 Å². The first-order valence-electron chi connectivity index (χ1n) is 1.29. The van der Waals surface area contributed by atoms with Crippen LogP contribution in [-0.4, -0.2) is 10.5 Å². The molecule has 1 unspecified atom stereocenters. The van der Waals surface area contributed by atoms with E-state index >= 15 is 0 Å². The van der Waals surface area contributed by atoms with Crippen LogP contribution in [0.15, 0.2) is 0 Å². The van der Waals surface area contributed by atoms with E-state index in [-0.39, 0.29) is 17.0 Å². The monoisotopic (exact) mass is 276 g/mol. The molecule has 0 spiro atoms. The lowest BCUT2D eigenvalue weighted by Crippen LogP contribution is -2.16. The van der Waals surface area contributed by atoms with Gasteiger partial charge in [-0.3, -0.25) is 0 Å². The predicted octanol–water partition coefficient (Wildman–Crippen LogP) is 3.09. The van der Waals surface area contributed by atoms with Crippen LogP contribution in [-0.2, 0) is 0 Å². The maximum absolute atomic E-state index is 11.0. The predicted molar refractivity (Wildman–Crippen MR) is 34.9 cm³/mol.